The Bertz CT molecular complexity index is 197. The molecule has 0 saturated heterocycles. The first-order valence-corrected chi connectivity index (χ1v) is 4.23. The van der Waals surface area contributed by atoms with E-state index in [1.165, 1.54) is 0 Å². The number of nitrogens with zero attached hydrogens (tertiary/aromatic N) is 1. The molecule has 0 amide bonds. The van der Waals surface area contributed by atoms with Crippen LogP contribution in [0.3, 0.4) is 0 Å². The predicted molar refractivity (Wildman–Crippen MR) is 42.0 cm³/mol. The molecule has 0 saturated carbocycles. The van der Waals surface area contributed by atoms with Crippen molar-refractivity contribution >= 4 is 11.3 Å². The number of aliphatic hydroxyl groups is 1. The van der Waals surface area contributed by atoms with Crippen LogP contribution in [0.15, 0.2) is 6.20 Å². The summed E-state index contributed by atoms with van der Waals surface area (Å²) in [5, 5.41) is 9.82. The standard InChI is InChI=1S/C7H11NOS/c1-2-3-7-8-4-6(5-9)10-7/h4,9H,2-3,5H2,1H3. The highest BCUT2D eigenvalue weighted by molar-refractivity contribution is 7.11. The second kappa shape index (κ2) is 3.68. The van der Waals surface area contributed by atoms with Gasteiger partial charge in [0, 0.05) is 6.20 Å². The molecule has 10 heavy (non-hydrogen) atoms. The molecule has 0 aromatic carbocycles. The average molecular weight is 157 g/mol. The van der Waals surface area contributed by atoms with Crippen LogP contribution < -0.4 is 0 Å². The summed E-state index contributed by atoms with van der Waals surface area (Å²) >= 11 is 1.60. The van der Waals surface area contributed by atoms with Gasteiger partial charge in [0.15, 0.2) is 0 Å². The molecule has 1 heterocycles. The minimum absolute atomic E-state index is 0.126. The number of aliphatic hydroxyl groups excluding tert-OH is 1. The van der Waals surface area contributed by atoms with Crippen LogP contribution in [0.5, 0.6) is 0 Å². The van der Waals surface area contributed by atoms with Crippen molar-refractivity contribution < 1.29 is 5.11 Å². The number of hydrogen-bond acceptors (Lipinski definition) is 3. The lowest BCUT2D eigenvalue weighted by Gasteiger charge is -1.86. The monoisotopic (exact) mass is 157 g/mol. The maximum atomic E-state index is 8.69. The maximum absolute atomic E-state index is 8.69. The summed E-state index contributed by atoms with van der Waals surface area (Å²) in [4.78, 5) is 5.10. The quantitative estimate of drug-likeness (QED) is 0.722. The van der Waals surface area contributed by atoms with Gasteiger partial charge in [0.05, 0.1) is 16.5 Å². The molecule has 0 aliphatic carbocycles. The van der Waals surface area contributed by atoms with E-state index in [1.54, 1.807) is 17.5 Å². The smallest absolute Gasteiger partial charge is 0.0928 e. The Balaban J connectivity index is 2.59. The van der Waals surface area contributed by atoms with Crippen LogP contribution in [0.25, 0.3) is 0 Å². The minimum atomic E-state index is 0.126. The minimum Gasteiger partial charge on any atom is -0.391 e. The van der Waals surface area contributed by atoms with E-state index in [0.29, 0.717) is 0 Å². The third-order valence-electron chi connectivity index (χ3n) is 1.22. The van der Waals surface area contributed by atoms with E-state index in [-0.39, 0.29) is 6.61 Å². The van der Waals surface area contributed by atoms with Gasteiger partial charge in [-0.05, 0) is 12.8 Å². The highest BCUT2D eigenvalue weighted by Crippen LogP contribution is 2.13. The van der Waals surface area contributed by atoms with E-state index in [1.807, 2.05) is 0 Å². The molecule has 0 aliphatic heterocycles. The Morgan fingerprint density at radius 3 is 3.00 bits per heavy atom. The molecule has 2 nitrogen and oxygen atoms in total. The van der Waals surface area contributed by atoms with Gasteiger partial charge >= 0.3 is 0 Å². The summed E-state index contributed by atoms with van der Waals surface area (Å²) in [5.74, 6) is 0. The number of hydrogen-bond donors (Lipinski definition) is 1. The third-order valence-corrected chi connectivity index (χ3v) is 2.26. The van der Waals surface area contributed by atoms with Gasteiger partial charge < -0.3 is 5.11 Å². The molecule has 1 N–H and O–H groups in total. The van der Waals surface area contributed by atoms with Crippen LogP contribution in [0.4, 0.5) is 0 Å². The Morgan fingerprint density at radius 2 is 2.50 bits per heavy atom. The second-order valence-electron chi connectivity index (χ2n) is 2.13. The topological polar surface area (TPSA) is 33.1 Å². The van der Waals surface area contributed by atoms with Crippen LogP contribution >= 0.6 is 11.3 Å². The Morgan fingerprint density at radius 1 is 1.70 bits per heavy atom. The fraction of sp³-hybridized carbons (Fsp3) is 0.571. The van der Waals surface area contributed by atoms with Crippen molar-refractivity contribution in [3.63, 3.8) is 0 Å². The van der Waals surface area contributed by atoms with Gasteiger partial charge in [0.2, 0.25) is 0 Å². The lowest BCUT2D eigenvalue weighted by atomic mass is 10.4. The van der Waals surface area contributed by atoms with Crippen LogP contribution in [-0.4, -0.2) is 10.1 Å². The number of thiazole rings is 1. The summed E-state index contributed by atoms with van der Waals surface area (Å²) in [5.41, 5.74) is 0. The Kier molecular flexibility index (Phi) is 2.83. The molecular formula is C7H11NOS. The number of aryl methyl sites for hydroxylation is 1. The molecule has 0 unspecified atom stereocenters. The maximum Gasteiger partial charge on any atom is 0.0928 e. The summed E-state index contributed by atoms with van der Waals surface area (Å²) in [6.07, 6.45) is 3.90. The van der Waals surface area contributed by atoms with Crippen molar-refractivity contribution in [3.8, 4) is 0 Å². The first-order chi connectivity index (χ1) is 4.86. The molecule has 0 spiro atoms. The van der Waals surface area contributed by atoms with Crippen molar-refractivity contribution in [2.24, 2.45) is 0 Å². The van der Waals surface area contributed by atoms with Crippen LogP contribution in [0.1, 0.15) is 23.2 Å². The molecule has 0 bridgehead atoms. The first-order valence-electron chi connectivity index (χ1n) is 3.41. The zero-order valence-electron chi connectivity index (χ0n) is 6.00. The van der Waals surface area contributed by atoms with Gasteiger partial charge in [-0.25, -0.2) is 4.98 Å². The molecule has 3 heteroatoms. The van der Waals surface area contributed by atoms with E-state index < -0.39 is 0 Å². The summed E-state index contributed by atoms with van der Waals surface area (Å²) in [6.45, 7) is 2.25. The molecule has 56 valence electrons. The molecule has 1 aromatic heterocycles. The van der Waals surface area contributed by atoms with E-state index >= 15 is 0 Å². The van der Waals surface area contributed by atoms with E-state index in [4.69, 9.17) is 5.11 Å². The summed E-state index contributed by atoms with van der Waals surface area (Å²) < 4.78 is 0. The fourth-order valence-corrected chi connectivity index (χ4v) is 1.63. The van der Waals surface area contributed by atoms with Gasteiger partial charge in [0.1, 0.15) is 0 Å². The van der Waals surface area contributed by atoms with Crippen LogP contribution in [0.2, 0.25) is 0 Å². The molecular weight excluding hydrogens is 146 g/mol. The van der Waals surface area contributed by atoms with Crippen molar-refractivity contribution in [1.82, 2.24) is 4.98 Å². The normalized spacial score (nSPS) is 10.2. The van der Waals surface area contributed by atoms with Gasteiger partial charge in [0.25, 0.3) is 0 Å². The Labute approximate surface area is 64.5 Å². The summed E-state index contributed by atoms with van der Waals surface area (Å²) in [6, 6.07) is 0. The third kappa shape index (κ3) is 1.78. The zero-order valence-corrected chi connectivity index (χ0v) is 6.82. The number of rotatable bonds is 3. The molecule has 1 aromatic rings. The van der Waals surface area contributed by atoms with E-state index in [2.05, 4.69) is 11.9 Å². The predicted octanol–water partition coefficient (Wildman–Crippen LogP) is 1.59. The zero-order chi connectivity index (χ0) is 7.40. The average Bonchev–Trinajstić information content (AvgIpc) is 2.37. The highest BCUT2D eigenvalue weighted by atomic mass is 32.1. The Hall–Kier alpha value is -0.410. The van der Waals surface area contributed by atoms with E-state index in [9.17, 15) is 0 Å². The second-order valence-corrected chi connectivity index (χ2v) is 3.33. The molecule has 0 radical (unpaired) electrons. The van der Waals surface area contributed by atoms with Gasteiger partial charge in [-0.1, -0.05) is 6.92 Å². The largest absolute Gasteiger partial charge is 0.391 e. The number of aromatic nitrogens is 1. The van der Waals surface area contributed by atoms with Crippen molar-refractivity contribution in [1.29, 1.82) is 0 Å². The molecule has 0 aliphatic rings. The van der Waals surface area contributed by atoms with Crippen molar-refractivity contribution in [2.75, 3.05) is 0 Å². The van der Waals surface area contributed by atoms with Crippen molar-refractivity contribution in [2.45, 2.75) is 26.4 Å². The lowest BCUT2D eigenvalue weighted by Crippen LogP contribution is -1.76. The first kappa shape index (κ1) is 7.69. The molecule has 0 atom stereocenters. The highest BCUT2D eigenvalue weighted by Gasteiger charge is 1.97. The van der Waals surface area contributed by atoms with Gasteiger partial charge in [-0.2, -0.15) is 0 Å². The van der Waals surface area contributed by atoms with Gasteiger partial charge in [-0.15, -0.1) is 11.3 Å². The fourth-order valence-electron chi connectivity index (χ4n) is 0.751. The molecule has 0 fully saturated rings. The van der Waals surface area contributed by atoms with Crippen molar-refractivity contribution in [3.05, 3.63) is 16.1 Å². The summed E-state index contributed by atoms with van der Waals surface area (Å²) in [7, 11) is 0. The SMILES string of the molecule is CCCc1ncc(CO)s1. The molecule has 1 rings (SSSR count). The van der Waals surface area contributed by atoms with Crippen LogP contribution in [0, 0.1) is 0 Å². The lowest BCUT2D eigenvalue weighted by molar-refractivity contribution is 0.285. The van der Waals surface area contributed by atoms with Crippen LogP contribution in [-0.2, 0) is 13.0 Å². The van der Waals surface area contributed by atoms with E-state index in [0.717, 1.165) is 22.7 Å². The van der Waals surface area contributed by atoms with Gasteiger partial charge in [-0.3, -0.25) is 0 Å².